The van der Waals surface area contributed by atoms with Gasteiger partial charge in [-0.15, -0.1) is 0 Å². The first-order valence-corrected chi connectivity index (χ1v) is 5.49. The normalized spacial score (nSPS) is 17.7. The fourth-order valence-corrected chi connectivity index (χ4v) is 2.60. The molecule has 0 atom stereocenters. The Hall–Kier alpha value is -1.56. The molecule has 74 valence electrons. The summed E-state index contributed by atoms with van der Waals surface area (Å²) < 4.78 is 0. The van der Waals surface area contributed by atoms with Gasteiger partial charge >= 0.3 is 0 Å². The predicted octanol–water partition coefficient (Wildman–Crippen LogP) is 3.82. The zero-order valence-corrected chi connectivity index (χ0v) is 8.96. The molecular weight excluding hydrogens is 180 g/mol. The highest BCUT2D eigenvalue weighted by molar-refractivity contribution is 5.77. The minimum atomic E-state index is 1.12. The first-order chi connectivity index (χ1) is 7.34. The van der Waals surface area contributed by atoms with Crippen molar-refractivity contribution in [3.8, 4) is 0 Å². The number of hydrogen-bond acceptors (Lipinski definition) is 0. The summed E-state index contributed by atoms with van der Waals surface area (Å²) >= 11 is 0. The predicted molar refractivity (Wildman–Crippen MR) is 64.7 cm³/mol. The van der Waals surface area contributed by atoms with Crippen LogP contribution < -0.4 is 0 Å². The van der Waals surface area contributed by atoms with Crippen LogP contribution in [-0.2, 0) is 6.42 Å². The second kappa shape index (κ2) is 3.23. The maximum Gasteiger partial charge on any atom is -0.00545 e. The molecule has 0 radical (unpaired) electrons. The van der Waals surface area contributed by atoms with E-state index >= 15 is 0 Å². The highest BCUT2D eigenvalue weighted by Gasteiger charge is 2.18. The summed E-state index contributed by atoms with van der Waals surface area (Å²) in [5, 5.41) is 0. The Kier molecular flexibility index (Phi) is 1.88. The molecule has 1 aromatic rings. The van der Waals surface area contributed by atoms with Gasteiger partial charge in [0, 0.05) is 0 Å². The van der Waals surface area contributed by atoms with Gasteiger partial charge in [-0.25, -0.2) is 0 Å². The van der Waals surface area contributed by atoms with E-state index < -0.39 is 0 Å². The molecule has 2 bridgehead atoms. The minimum absolute atomic E-state index is 1.12. The monoisotopic (exact) mass is 194 g/mol. The molecule has 0 unspecified atom stereocenters. The van der Waals surface area contributed by atoms with E-state index in [4.69, 9.17) is 0 Å². The summed E-state index contributed by atoms with van der Waals surface area (Å²) in [5.74, 6) is 0. The van der Waals surface area contributed by atoms with Gasteiger partial charge in [-0.1, -0.05) is 48.1 Å². The number of allylic oxidation sites excluding steroid dienone is 6. The Balaban J connectivity index is 2.28. The van der Waals surface area contributed by atoms with Crippen molar-refractivity contribution in [3.63, 3.8) is 0 Å². The minimum Gasteiger partial charge on any atom is -0.0624 e. The van der Waals surface area contributed by atoms with E-state index in [2.05, 4.69) is 49.4 Å². The maximum atomic E-state index is 2.26. The first kappa shape index (κ1) is 8.72. The van der Waals surface area contributed by atoms with Gasteiger partial charge in [-0.05, 0) is 42.0 Å². The Labute approximate surface area is 90.6 Å². The summed E-state index contributed by atoms with van der Waals surface area (Å²) in [4.78, 5) is 0. The molecular formula is C15H14. The Morgan fingerprint density at radius 1 is 1.00 bits per heavy atom. The number of hydrogen-bond donors (Lipinski definition) is 0. The van der Waals surface area contributed by atoms with Crippen LogP contribution in [0.5, 0.6) is 0 Å². The van der Waals surface area contributed by atoms with Crippen molar-refractivity contribution in [1.29, 1.82) is 0 Å². The van der Waals surface area contributed by atoms with Crippen LogP contribution >= 0.6 is 0 Å². The van der Waals surface area contributed by atoms with Gasteiger partial charge < -0.3 is 0 Å². The van der Waals surface area contributed by atoms with Crippen molar-refractivity contribution in [2.75, 3.05) is 0 Å². The molecule has 2 aliphatic carbocycles. The van der Waals surface area contributed by atoms with Crippen molar-refractivity contribution in [2.24, 2.45) is 0 Å². The number of benzene rings is 1. The second-order valence-corrected chi connectivity index (χ2v) is 4.36. The number of aryl methyl sites for hydroxylation is 1. The van der Waals surface area contributed by atoms with Crippen LogP contribution in [0.25, 0.3) is 5.57 Å². The maximum absolute atomic E-state index is 2.26. The van der Waals surface area contributed by atoms with Gasteiger partial charge in [-0.2, -0.15) is 0 Å². The van der Waals surface area contributed by atoms with E-state index in [9.17, 15) is 0 Å². The standard InChI is InChI=1S/C15H14/c1-11-5-4-8-14-10-12-6-2-3-7-13(9-12)15(11)14/h2-8H,9-10H2,1H3. The van der Waals surface area contributed by atoms with E-state index in [1.807, 2.05) is 0 Å². The Morgan fingerprint density at radius 3 is 2.80 bits per heavy atom. The van der Waals surface area contributed by atoms with Crippen molar-refractivity contribution >= 4 is 5.57 Å². The lowest BCUT2D eigenvalue weighted by atomic mass is 9.82. The summed E-state index contributed by atoms with van der Waals surface area (Å²) in [7, 11) is 0. The van der Waals surface area contributed by atoms with Gasteiger partial charge in [-0.3, -0.25) is 0 Å². The van der Waals surface area contributed by atoms with Crippen LogP contribution in [0, 0.1) is 6.92 Å². The van der Waals surface area contributed by atoms with Gasteiger partial charge in [0.2, 0.25) is 0 Å². The Bertz CT molecular complexity index is 499. The zero-order valence-electron chi connectivity index (χ0n) is 8.96. The number of fused-ring (bicyclic) bond motifs is 4. The molecule has 3 rings (SSSR count). The smallest absolute Gasteiger partial charge is 0.00545 e. The fraction of sp³-hybridized carbons (Fsp3) is 0.200. The van der Waals surface area contributed by atoms with Crippen LogP contribution in [0.2, 0.25) is 0 Å². The molecule has 0 nitrogen and oxygen atoms in total. The third-order valence-electron chi connectivity index (χ3n) is 3.26. The van der Waals surface area contributed by atoms with Gasteiger partial charge in [0.1, 0.15) is 0 Å². The molecule has 0 spiro atoms. The van der Waals surface area contributed by atoms with E-state index in [1.54, 1.807) is 0 Å². The van der Waals surface area contributed by atoms with E-state index in [1.165, 1.54) is 27.8 Å². The van der Waals surface area contributed by atoms with Crippen molar-refractivity contribution in [1.82, 2.24) is 0 Å². The van der Waals surface area contributed by atoms with Crippen LogP contribution in [0.3, 0.4) is 0 Å². The van der Waals surface area contributed by atoms with Gasteiger partial charge in [0.15, 0.2) is 0 Å². The fourth-order valence-electron chi connectivity index (χ4n) is 2.60. The quantitative estimate of drug-likeness (QED) is 0.589. The highest BCUT2D eigenvalue weighted by Crippen LogP contribution is 2.36. The Morgan fingerprint density at radius 2 is 1.87 bits per heavy atom. The number of rotatable bonds is 0. The molecule has 0 saturated carbocycles. The summed E-state index contributed by atoms with van der Waals surface area (Å²) in [6, 6.07) is 6.64. The average molecular weight is 194 g/mol. The SMILES string of the molecule is Cc1cccc2c1C1=CC=CC=C(C1)C2. The summed E-state index contributed by atoms with van der Waals surface area (Å²) in [6.07, 6.45) is 11.1. The largest absolute Gasteiger partial charge is 0.0624 e. The van der Waals surface area contributed by atoms with E-state index in [0.717, 1.165) is 12.8 Å². The molecule has 0 saturated heterocycles. The lowest BCUT2D eigenvalue weighted by Gasteiger charge is -2.22. The molecule has 1 aromatic carbocycles. The zero-order chi connectivity index (χ0) is 10.3. The van der Waals surface area contributed by atoms with Crippen LogP contribution in [0.1, 0.15) is 23.1 Å². The van der Waals surface area contributed by atoms with E-state index in [-0.39, 0.29) is 0 Å². The van der Waals surface area contributed by atoms with Crippen LogP contribution in [0.4, 0.5) is 0 Å². The van der Waals surface area contributed by atoms with Crippen molar-refractivity contribution in [3.05, 3.63) is 64.8 Å². The third-order valence-corrected chi connectivity index (χ3v) is 3.26. The van der Waals surface area contributed by atoms with Crippen molar-refractivity contribution < 1.29 is 0 Å². The average Bonchev–Trinajstić information content (AvgIpc) is 2.41. The first-order valence-electron chi connectivity index (χ1n) is 5.49. The summed E-state index contributed by atoms with van der Waals surface area (Å²) in [5.41, 5.74) is 7.40. The van der Waals surface area contributed by atoms with Gasteiger partial charge in [0.05, 0.1) is 0 Å². The molecule has 2 aliphatic rings. The molecule has 0 N–H and O–H groups in total. The summed E-state index contributed by atoms with van der Waals surface area (Å²) in [6.45, 7) is 2.21. The van der Waals surface area contributed by atoms with Crippen LogP contribution in [-0.4, -0.2) is 0 Å². The molecule has 0 fully saturated rings. The molecule has 15 heavy (non-hydrogen) atoms. The molecule has 0 aromatic heterocycles. The van der Waals surface area contributed by atoms with Crippen LogP contribution in [0.15, 0.2) is 48.1 Å². The topological polar surface area (TPSA) is 0 Å². The molecule has 0 amide bonds. The lowest BCUT2D eigenvalue weighted by Crippen LogP contribution is -2.05. The third kappa shape index (κ3) is 1.37. The van der Waals surface area contributed by atoms with E-state index in [0.29, 0.717) is 0 Å². The molecule has 0 heteroatoms. The molecule has 0 aliphatic heterocycles. The highest BCUT2D eigenvalue weighted by atomic mass is 14.2. The lowest BCUT2D eigenvalue weighted by molar-refractivity contribution is 1.02. The van der Waals surface area contributed by atoms with Crippen molar-refractivity contribution in [2.45, 2.75) is 19.8 Å². The van der Waals surface area contributed by atoms with Gasteiger partial charge in [0.25, 0.3) is 0 Å². The molecule has 0 heterocycles. The second-order valence-electron chi connectivity index (χ2n) is 4.36.